The summed E-state index contributed by atoms with van der Waals surface area (Å²) in [4.78, 5) is 28.8. The van der Waals surface area contributed by atoms with E-state index in [4.69, 9.17) is 11.6 Å². The van der Waals surface area contributed by atoms with E-state index < -0.39 is 61.8 Å². The molecule has 3 N–H and O–H groups in total. The van der Waals surface area contributed by atoms with E-state index in [-0.39, 0.29) is 40.4 Å². The van der Waals surface area contributed by atoms with E-state index in [0.29, 0.717) is 23.7 Å². The van der Waals surface area contributed by atoms with Gasteiger partial charge in [-0.25, -0.2) is 26.6 Å². The van der Waals surface area contributed by atoms with E-state index in [9.17, 15) is 36.3 Å². The number of hydrogen-bond donors (Lipinski definition) is 3. The number of amides is 2. The van der Waals surface area contributed by atoms with Crippen LogP contribution in [0.2, 0.25) is 5.02 Å². The van der Waals surface area contributed by atoms with Crippen molar-refractivity contribution >= 4 is 55.4 Å². The molecule has 0 aliphatic heterocycles. The van der Waals surface area contributed by atoms with Crippen molar-refractivity contribution in [3.63, 3.8) is 0 Å². The van der Waals surface area contributed by atoms with Crippen molar-refractivity contribution in [2.45, 2.75) is 41.4 Å². The molecular formula is C25H21ClF3N3O5S2. The standard InChI is InChI=1S/C25H21ClF3N3O5S2/c26-17-2-1-12(23(34)31-15-9-18(27)22(29)19(28)10-15)5-20(17)39(36,37)16-7-13-6-14(8-16)25(13,35)11-21(33)32-24-30-3-4-38-24/h1-5,9-10,13-14,16,35H,6-8,11H2,(H,31,34)(H,30,32,33). The number of carbonyl (C=O) groups excluding carboxylic acids is 2. The molecule has 0 saturated heterocycles. The van der Waals surface area contributed by atoms with Crippen molar-refractivity contribution in [2.24, 2.45) is 11.8 Å². The molecule has 206 valence electrons. The molecule has 3 aliphatic rings. The van der Waals surface area contributed by atoms with Crippen molar-refractivity contribution in [1.82, 2.24) is 4.98 Å². The molecule has 3 aromatic rings. The third-order valence-electron chi connectivity index (χ3n) is 7.38. The van der Waals surface area contributed by atoms with Gasteiger partial charge in [0.05, 0.1) is 27.2 Å². The third kappa shape index (κ3) is 5.15. The highest BCUT2D eigenvalue weighted by molar-refractivity contribution is 7.92. The number of hydrogen-bond acceptors (Lipinski definition) is 7. The predicted molar refractivity (Wildman–Crippen MR) is 138 cm³/mol. The minimum atomic E-state index is -4.06. The number of fused-ring (bicyclic) bond motifs is 2. The lowest BCUT2D eigenvalue weighted by molar-refractivity contribution is -0.182. The second kappa shape index (κ2) is 10.2. The Morgan fingerprint density at radius 2 is 1.74 bits per heavy atom. The van der Waals surface area contributed by atoms with Crippen molar-refractivity contribution in [1.29, 1.82) is 0 Å². The Morgan fingerprint density at radius 1 is 1.08 bits per heavy atom. The molecule has 14 heteroatoms. The number of sulfone groups is 1. The summed E-state index contributed by atoms with van der Waals surface area (Å²) in [6, 6.07) is 4.72. The second-order valence-corrected chi connectivity index (χ2v) is 13.2. The van der Waals surface area contributed by atoms with Gasteiger partial charge in [-0.3, -0.25) is 9.59 Å². The predicted octanol–water partition coefficient (Wildman–Crippen LogP) is 4.80. The summed E-state index contributed by atoms with van der Waals surface area (Å²) in [7, 11) is -4.06. The molecule has 2 bridgehead atoms. The maximum Gasteiger partial charge on any atom is 0.255 e. The van der Waals surface area contributed by atoms with Crippen LogP contribution in [0.5, 0.6) is 0 Å². The summed E-state index contributed by atoms with van der Waals surface area (Å²) < 4.78 is 67.3. The number of aliphatic hydroxyl groups is 1. The number of aromatic nitrogens is 1. The highest BCUT2D eigenvalue weighted by atomic mass is 35.5. The molecule has 2 amide bonds. The molecule has 2 unspecified atom stereocenters. The van der Waals surface area contributed by atoms with Gasteiger partial charge in [0.1, 0.15) is 0 Å². The summed E-state index contributed by atoms with van der Waals surface area (Å²) >= 11 is 7.44. The number of thiazole rings is 1. The van der Waals surface area contributed by atoms with E-state index in [1.54, 1.807) is 5.38 Å². The van der Waals surface area contributed by atoms with Crippen LogP contribution in [0, 0.1) is 29.3 Å². The van der Waals surface area contributed by atoms with Gasteiger partial charge in [0.15, 0.2) is 32.4 Å². The van der Waals surface area contributed by atoms with Gasteiger partial charge < -0.3 is 15.7 Å². The van der Waals surface area contributed by atoms with Gasteiger partial charge in [0.25, 0.3) is 5.91 Å². The number of nitrogens with zero attached hydrogens (tertiary/aromatic N) is 1. The molecule has 2 aromatic carbocycles. The van der Waals surface area contributed by atoms with Crippen LogP contribution in [-0.2, 0) is 14.6 Å². The Morgan fingerprint density at radius 3 is 2.36 bits per heavy atom. The average Bonchev–Trinajstić information content (AvgIpc) is 3.40. The van der Waals surface area contributed by atoms with Crippen molar-refractivity contribution in [3.05, 3.63) is 69.9 Å². The van der Waals surface area contributed by atoms with Gasteiger partial charge in [-0.15, -0.1) is 11.3 Å². The van der Waals surface area contributed by atoms with Crippen LogP contribution in [-0.4, -0.2) is 41.2 Å². The Kier molecular flexibility index (Phi) is 7.20. The first-order chi connectivity index (χ1) is 18.4. The zero-order valence-corrected chi connectivity index (χ0v) is 22.3. The van der Waals surface area contributed by atoms with Crippen molar-refractivity contribution in [2.75, 3.05) is 10.6 Å². The SMILES string of the molecule is O=C(CC1(O)C2CC1CC(S(=O)(=O)c1cc(C(=O)Nc3cc(F)c(F)c(F)c3)ccc1Cl)C2)Nc1nccs1. The van der Waals surface area contributed by atoms with E-state index in [0.717, 1.165) is 6.07 Å². The van der Waals surface area contributed by atoms with Crippen LogP contribution < -0.4 is 10.6 Å². The minimum Gasteiger partial charge on any atom is -0.389 e. The minimum absolute atomic E-state index is 0.0980. The zero-order chi connectivity index (χ0) is 28.1. The number of benzene rings is 2. The number of halogens is 4. The van der Waals surface area contributed by atoms with E-state index in [1.165, 1.54) is 29.7 Å². The largest absolute Gasteiger partial charge is 0.389 e. The Hall–Kier alpha value is -3.00. The highest BCUT2D eigenvalue weighted by Crippen LogP contribution is 2.57. The summed E-state index contributed by atoms with van der Waals surface area (Å²) in [6.07, 6.45) is 2.12. The molecule has 39 heavy (non-hydrogen) atoms. The Bertz CT molecular complexity index is 1530. The maximum atomic E-state index is 13.6. The van der Waals surface area contributed by atoms with Crippen LogP contribution in [0.1, 0.15) is 36.0 Å². The van der Waals surface area contributed by atoms with Gasteiger partial charge in [0.2, 0.25) is 5.91 Å². The van der Waals surface area contributed by atoms with Gasteiger partial charge in [-0.2, -0.15) is 0 Å². The zero-order valence-electron chi connectivity index (χ0n) is 20.0. The molecule has 3 fully saturated rings. The first-order valence-corrected chi connectivity index (χ1v) is 14.6. The first kappa shape index (κ1) is 27.6. The van der Waals surface area contributed by atoms with Crippen LogP contribution in [0.25, 0.3) is 0 Å². The molecule has 0 spiro atoms. The quantitative estimate of drug-likeness (QED) is 0.335. The van der Waals surface area contributed by atoms with Crippen LogP contribution in [0.4, 0.5) is 24.0 Å². The molecule has 6 rings (SSSR count). The fourth-order valence-corrected chi connectivity index (χ4v) is 8.32. The lowest BCUT2D eigenvalue weighted by Crippen LogP contribution is -2.62. The summed E-state index contributed by atoms with van der Waals surface area (Å²) in [6.45, 7) is 0. The van der Waals surface area contributed by atoms with Gasteiger partial charge in [-0.05, 0) is 49.3 Å². The summed E-state index contributed by atoms with van der Waals surface area (Å²) in [5.41, 5.74) is -1.85. The van der Waals surface area contributed by atoms with Crippen LogP contribution in [0.3, 0.4) is 0 Å². The topological polar surface area (TPSA) is 125 Å². The lowest BCUT2D eigenvalue weighted by atomic mass is 9.52. The van der Waals surface area contributed by atoms with Crippen LogP contribution >= 0.6 is 22.9 Å². The van der Waals surface area contributed by atoms with Gasteiger partial charge in [0, 0.05) is 35.0 Å². The first-order valence-electron chi connectivity index (χ1n) is 11.8. The molecular weight excluding hydrogens is 579 g/mol. The molecule has 1 heterocycles. The monoisotopic (exact) mass is 599 g/mol. The molecule has 0 radical (unpaired) electrons. The molecule has 3 saturated carbocycles. The lowest BCUT2D eigenvalue weighted by Gasteiger charge is -2.58. The normalized spacial score (nSPS) is 24.1. The van der Waals surface area contributed by atoms with E-state index in [1.807, 2.05) is 0 Å². The molecule has 1 aromatic heterocycles. The van der Waals surface area contributed by atoms with Crippen LogP contribution in [0.15, 0.2) is 46.8 Å². The molecule has 3 aliphatic carbocycles. The number of rotatable bonds is 7. The molecule has 2 atom stereocenters. The summed E-state index contributed by atoms with van der Waals surface area (Å²) in [5.74, 6) is -6.84. The van der Waals surface area contributed by atoms with E-state index >= 15 is 0 Å². The Labute approximate surface area is 230 Å². The summed E-state index contributed by atoms with van der Waals surface area (Å²) in [5, 5.41) is 17.1. The number of nitrogens with one attached hydrogen (secondary N) is 2. The van der Waals surface area contributed by atoms with Crippen molar-refractivity contribution in [3.8, 4) is 0 Å². The van der Waals surface area contributed by atoms with Gasteiger partial charge in [-0.1, -0.05) is 11.6 Å². The fourth-order valence-electron chi connectivity index (χ4n) is 5.38. The third-order valence-corrected chi connectivity index (χ3v) is 10.7. The molecule has 8 nitrogen and oxygen atoms in total. The average molecular weight is 600 g/mol. The van der Waals surface area contributed by atoms with Gasteiger partial charge >= 0.3 is 0 Å². The smallest absolute Gasteiger partial charge is 0.255 e. The fraction of sp³-hybridized carbons (Fsp3) is 0.320. The second-order valence-electron chi connectivity index (χ2n) is 9.67. The number of carbonyl (C=O) groups is 2. The van der Waals surface area contributed by atoms with Crippen molar-refractivity contribution < 1.29 is 36.3 Å². The maximum absolute atomic E-state index is 13.6. The van der Waals surface area contributed by atoms with E-state index in [2.05, 4.69) is 15.6 Å². The number of anilines is 2. The Balaban J connectivity index is 1.30. The highest BCUT2D eigenvalue weighted by Gasteiger charge is 2.60.